The molecule has 23 heavy (non-hydrogen) atoms. The van der Waals surface area contributed by atoms with Gasteiger partial charge in [-0.25, -0.2) is 9.97 Å². The van der Waals surface area contributed by atoms with Gasteiger partial charge in [-0.3, -0.25) is 4.90 Å². The molecule has 2 heterocycles. The molecule has 0 amide bonds. The molecule has 4 nitrogen and oxygen atoms in total. The van der Waals surface area contributed by atoms with Crippen molar-refractivity contribution in [3.05, 3.63) is 47.9 Å². The molecule has 1 fully saturated rings. The maximum Gasteiger partial charge on any atom is 0.116 e. The van der Waals surface area contributed by atoms with Crippen LogP contribution in [0.4, 0.5) is 0 Å². The number of likely N-dealkylation sites (tertiary alicyclic amines) is 1. The fraction of sp³-hybridized carbons (Fsp3) is 0.474. The van der Waals surface area contributed by atoms with Gasteiger partial charge in [0.15, 0.2) is 0 Å². The topological polar surface area (TPSA) is 38.2 Å². The van der Waals surface area contributed by atoms with Crippen LogP contribution in [0.2, 0.25) is 0 Å². The fourth-order valence-electron chi connectivity index (χ4n) is 3.23. The van der Waals surface area contributed by atoms with Crippen molar-refractivity contribution in [2.24, 2.45) is 0 Å². The van der Waals surface area contributed by atoms with Crippen LogP contribution >= 0.6 is 0 Å². The van der Waals surface area contributed by atoms with E-state index in [0.717, 1.165) is 17.0 Å². The number of piperidine rings is 1. The molecule has 1 aliphatic rings. The van der Waals surface area contributed by atoms with E-state index in [-0.39, 0.29) is 0 Å². The average Bonchev–Trinajstić information content (AvgIpc) is 2.62. The van der Waals surface area contributed by atoms with Gasteiger partial charge >= 0.3 is 0 Å². The van der Waals surface area contributed by atoms with E-state index in [2.05, 4.69) is 46.1 Å². The van der Waals surface area contributed by atoms with Gasteiger partial charge in [-0.1, -0.05) is 30.7 Å². The zero-order chi connectivity index (χ0) is 16.1. The van der Waals surface area contributed by atoms with E-state index in [9.17, 15) is 0 Å². The smallest absolute Gasteiger partial charge is 0.116 e. The first-order chi connectivity index (χ1) is 11.3. The van der Waals surface area contributed by atoms with Crippen molar-refractivity contribution >= 4 is 0 Å². The van der Waals surface area contributed by atoms with Gasteiger partial charge in [-0.15, -0.1) is 0 Å². The van der Waals surface area contributed by atoms with Crippen molar-refractivity contribution in [1.82, 2.24) is 14.9 Å². The van der Waals surface area contributed by atoms with E-state index < -0.39 is 0 Å². The van der Waals surface area contributed by atoms with Crippen LogP contribution in [-0.2, 0) is 11.3 Å². The van der Waals surface area contributed by atoms with Crippen LogP contribution in [-0.4, -0.2) is 35.1 Å². The lowest BCUT2D eigenvalue weighted by atomic mass is 10.0. The summed E-state index contributed by atoms with van der Waals surface area (Å²) < 4.78 is 5.14. The van der Waals surface area contributed by atoms with Gasteiger partial charge in [0.2, 0.25) is 0 Å². The standard InChI is InChI=1S/C19H25N3O/c1-15(22-10-4-3-5-11-22)16-6-8-17(9-7-16)19-12-18(13-23-2)20-14-21-19/h6-9,12,14-15H,3-5,10-11,13H2,1-2H3/t15-/m1/s1. The summed E-state index contributed by atoms with van der Waals surface area (Å²) in [4.78, 5) is 11.2. The molecule has 0 saturated carbocycles. The molecule has 122 valence electrons. The van der Waals surface area contributed by atoms with Gasteiger partial charge in [0, 0.05) is 18.7 Å². The van der Waals surface area contributed by atoms with Crippen molar-refractivity contribution in [3.8, 4) is 11.3 Å². The Balaban J connectivity index is 1.74. The van der Waals surface area contributed by atoms with Crippen molar-refractivity contribution in [2.45, 2.75) is 38.8 Å². The van der Waals surface area contributed by atoms with Crippen molar-refractivity contribution in [3.63, 3.8) is 0 Å². The number of nitrogens with zero attached hydrogens (tertiary/aromatic N) is 3. The van der Waals surface area contributed by atoms with Gasteiger partial charge in [0.05, 0.1) is 18.0 Å². The summed E-state index contributed by atoms with van der Waals surface area (Å²) in [6.07, 6.45) is 5.63. The molecule has 1 aromatic heterocycles. The average molecular weight is 311 g/mol. The van der Waals surface area contributed by atoms with E-state index in [1.807, 2.05) is 6.07 Å². The summed E-state index contributed by atoms with van der Waals surface area (Å²) in [7, 11) is 1.68. The molecule has 2 aromatic rings. The first-order valence-electron chi connectivity index (χ1n) is 8.42. The first-order valence-corrected chi connectivity index (χ1v) is 8.42. The molecule has 3 rings (SSSR count). The van der Waals surface area contributed by atoms with Gasteiger partial charge < -0.3 is 4.74 Å². The predicted molar refractivity (Wildman–Crippen MR) is 92.0 cm³/mol. The van der Waals surface area contributed by atoms with Gasteiger partial charge in [0.1, 0.15) is 6.33 Å². The maximum atomic E-state index is 5.14. The lowest BCUT2D eigenvalue weighted by Crippen LogP contribution is -2.32. The minimum absolute atomic E-state index is 0.485. The fourth-order valence-corrected chi connectivity index (χ4v) is 3.23. The van der Waals surface area contributed by atoms with Gasteiger partial charge in [-0.2, -0.15) is 0 Å². The maximum absolute atomic E-state index is 5.14. The predicted octanol–water partition coefficient (Wildman–Crippen LogP) is 3.84. The largest absolute Gasteiger partial charge is 0.378 e. The third-order valence-electron chi connectivity index (χ3n) is 4.64. The van der Waals surface area contributed by atoms with Crippen molar-refractivity contribution in [2.75, 3.05) is 20.2 Å². The molecule has 0 N–H and O–H groups in total. The molecule has 1 aliphatic heterocycles. The summed E-state index contributed by atoms with van der Waals surface area (Å²) in [5, 5.41) is 0. The third kappa shape index (κ3) is 3.95. The van der Waals surface area contributed by atoms with Gasteiger partial charge in [0.25, 0.3) is 0 Å². The number of methoxy groups -OCH3 is 1. The number of aromatic nitrogens is 2. The Labute approximate surface area is 138 Å². The second-order valence-corrected chi connectivity index (χ2v) is 6.22. The Morgan fingerprint density at radius 3 is 2.52 bits per heavy atom. The minimum Gasteiger partial charge on any atom is -0.378 e. The number of rotatable bonds is 5. The monoisotopic (exact) mass is 311 g/mol. The molecule has 1 aromatic carbocycles. The molecular weight excluding hydrogens is 286 g/mol. The second-order valence-electron chi connectivity index (χ2n) is 6.22. The Morgan fingerprint density at radius 1 is 1.09 bits per heavy atom. The van der Waals surface area contributed by atoms with Crippen LogP contribution in [0.1, 0.15) is 43.5 Å². The second kappa shape index (κ2) is 7.66. The third-order valence-corrected chi connectivity index (χ3v) is 4.64. The Morgan fingerprint density at radius 2 is 1.83 bits per heavy atom. The number of hydrogen-bond donors (Lipinski definition) is 0. The highest BCUT2D eigenvalue weighted by Crippen LogP contribution is 2.26. The van der Waals surface area contributed by atoms with E-state index in [4.69, 9.17) is 4.74 Å². The van der Waals surface area contributed by atoms with Crippen LogP contribution in [0.25, 0.3) is 11.3 Å². The van der Waals surface area contributed by atoms with E-state index in [1.54, 1.807) is 13.4 Å². The Kier molecular flexibility index (Phi) is 5.36. The summed E-state index contributed by atoms with van der Waals surface area (Å²) >= 11 is 0. The molecular formula is C19H25N3O. The molecule has 4 heteroatoms. The Bertz CT molecular complexity index is 621. The first kappa shape index (κ1) is 16.1. The zero-order valence-corrected chi connectivity index (χ0v) is 14.0. The molecule has 0 unspecified atom stereocenters. The number of ether oxygens (including phenoxy) is 1. The molecule has 1 saturated heterocycles. The summed E-state index contributed by atoms with van der Waals surface area (Å²) in [6, 6.07) is 11.3. The Hall–Kier alpha value is -1.78. The van der Waals surface area contributed by atoms with Gasteiger partial charge in [-0.05, 0) is 44.5 Å². The highest BCUT2D eigenvalue weighted by atomic mass is 16.5. The van der Waals surface area contributed by atoms with Crippen molar-refractivity contribution in [1.29, 1.82) is 0 Å². The molecule has 0 aliphatic carbocycles. The highest BCUT2D eigenvalue weighted by Gasteiger charge is 2.18. The van der Waals surface area contributed by atoms with Crippen molar-refractivity contribution < 1.29 is 4.74 Å². The summed E-state index contributed by atoms with van der Waals surface area (Å²) in [5.74, 6) is 0. The quantitative estimate of drug-likeness (QED) is 0.841. The molecule has 0 radical (unpaired) electrons. The van der Waals surface area contributed by atoms with E-state index >= 15 is 0 Å². The van der Waals surface area contributed by atoms with Crippen LogP contribution in [0.15, 0.2) is 36.7 Å². The molecule has 1 atom stereocenters. The molecule has 0 spiro atoms. The van der Waals surface area contributed by atoms with E-state index in [1.165, 1.54) is 37.9 Å². The van der Waals surface area contributed by atoms with Crippen LogP contribution < -0.4 is 0 Å². The SMILES string of the molecule is COCc1cc(-c2ccc([C@@H](C)N3CCCCC3)cc2)ncn1. The van der Waals surface area contributed by atoms with E-state index in [0.29, 0.717) is 12.6 Å². The highest BCUT2D eigenvalue weighted by molar-refractivity contribution is 5.59. The lowest BCUT2D eigenvalue weighted by molar-refractivity contribution is 0.175. The molecule has 0 bridgehead atoms. The number of benzene rings is 1. The zero-order valence-electron chi connectivity index (χ0n) is 14.0. The summed E-state index contributed by atoms with van der Waals surface area (Å²) in [6.45, 7) is 5.26. The minimum atomic E-state index is 0.485. The number of hydrogen-bond acceptors (Lipinski definition) is 4. The lowest BCUT2D eigenvalue weighted by Gasteiger charge is -2.32. The van der Waals surface area contributed by atoms with Crippen LogP contribution in [0.3, 0.4) is 0 Å². The van der Waals surface area contributed by atoms with Crippen LogP contribution in [0.5, 0.6) is 0 Å². The van der Waals surface area contributed by atoms with Crippen LogP contribution in [0, 0.1) is 0 Å². The summed E-state index contributed by atoms with van der Waals surface area (Å²) in [5.41, 5.74) is 4.36. The normalized spacial score (nSPS) is 17.1.